The van der Waals surface area contributed by atoms with Gasteiger partial charge in [0.15, 0.2) is 5.82 Å². The van der Waals surface area contributed by atoms with Crippen molar-refractivity contribution in [2.75, 3.05) is 18.0 Å². The van der Waals surface area contributed by atoms with Gasteiger partial charge in [0.2, 0.25) is 0 Å². The summed E-state index contributed by atoms with van der Waals surface area (Å²) in [5.74, 6) is -0.0553. The molecule has 1 fully saturated rings. The van der Waals surface area contributed by atoms with E-state index in [1.54, 1.807) is 18.2 Å². The summed E-state index contributed by atoms with van der Waals surface area (Å²) in [6, 6.07) is 14.9. The molecular weight excluding hydrogens is 326 g/mol. The van der Waals surface area contributed by atoms with Crippen LogP contribution in [0.3, 0.4) is 0 Å². The van der Waals surface area contributed by atoms with Crippen molar-refractivity contribution in [2.45, 2.75) is 25.7 Å². The second-order valence-electron chi connectivity index (χ2n) is 6.67. The molecule has 0 amide bonds. The van der Waals surface area contributed by atoms with E-state index in [0.717, 1.165) is 48.5 Å². The molecule has 0 radical (unpaired) electrons. The summed E-state index contributed by atoms with van der Waals surface area (Å²) in [7, 11) is 0. The Labute approximate surface area is 152 Å². The Morgan fingerprint density at radius 3 is 2.31 bits per heavy atom. The number of nitrogens with zero attached hydrogens (tertiary/aromatic N) is 3. The average Bonchev–Trinajstić information content (AvgIpc) is 2.96. The van der Waals surface area contributed by atoms with Crippen molar-refractivity contribution in [1.82, 2.24) is 9.97 Å². The zero-order valence-electron chi connectivity index (χ0n) is 14.6. The summed E-state index contributed by atoms with van der Waals surface area (Å²) >= 11 is 0. The van der Waals surface area contributed by atoms with Crippen molar-refractivity contribution in [2.24, 2.45) is 0 Å². The van der Waals surface area contributed by atoms with Crippen LogP contribution in [0.15, 0.2) is 48.5 Å². The molecule has 5 nitrogen and oxygen atoms in total. The van der Waals surface area contributed by atoms with Crippen molar-refractivity contribution >= 4 is 22.8 Å². The molecule has 1 aromatic heterocycles. The number of hydrogen-bond donors (Lipinski definition) is 1. The summed E-state index contributed by atoms with van der Waals surface area (Å²) in [6.07, 6.45) is 4.82. The maximum atomic E-state index is 11.3. The van der Waals surface area contributed by atoms with E-state index >= 15 is 0 Å². The Kier molecular flexibility index (Phi) is 4.52. The Morgan fingerprint density at radius 2 is 1.62 bits per heavy atom. The first kappa shape index (κ1) is 16.5. The third-order valence-electron chi connectivity index (χ3n) is 4.85. The number of carboxylic acid groups (broad SMARTS) is 1. The highest BCUT2D eigenvalue weighted by atomic mass is 16.4. The average molecular weight is 347 g/mol. The van der Waals surface area contributed by atoms with E-state index in [-0.39, 0.29) is 5.56 Å². The number of benzene rings is 2. The molecule has 0 saturated carbocycles. The molecule has 26 heavy (non-hydrogen) atoms. The quantitative estimate of drug-likeness (QED) is 0.762. The van der Waals surface area contributed by atoms with E-state index in [2.05, 4.69) is 4.90 Å². The normalized spacial score (nSPS) is 15.0. The lowest BCUT2D eigenvalue weighted by Gasteiger charge is -2.24. The highest BCUT2D eigenvalue weighted by Crippen LogP contribution is 2.31. The molecule has 2 aromatic carbocycles. The zero-order valence-corrected chi connectivity index (χ0v) is 14.6. The number of carbonyl (C=O) groups is 1. The zero-order chi connectivity index (χ0) is 17.9. The minimum Gasteiger partial charge on any atom is -0.478 e. The van der Waals surface area contributed by atoms with Crippen LogP contribution in [0.5, 0.6) is 0 Å². The number of fused-ring (bicyclic) bond motifs is 1. The summed E-state index contributed by atoms with van der Waals surface area (Å²) in [4.78, 5) is 23.3. The number of anilines is 1. The first-order valence-electron chi connectivity index (χ1n) is 9.08. The first-order chi connectivity index (χ1) is 12.7. The van der Waals surface area contributed by atoms with E-state index in [1.165, 1.54) is 12.8 Å². The minimum absolute atomic E-state index is 0.230. The van der Waals surface area contributed by atoms with Crippen molar-refractivity contribution in [3.05, 3.63) is 54.1 Å². The fraction of sp³-hybridized carbons (Fsp3) is 0.286. The van der Waals surface area contributed by atoms with E-state index in [1.807, 2.05) is 30.3 Å². The largest absolute Gasteiger partial charge is 0.478 e. The summed E-state index contributed by atoms with van der Waals surface area (Å²) in [6.45, 7) is 1.96. The van der Waals surface area contributed by atoms with Gasteiger partial charge in [0, 0.05) is 18.7 Å². The van der Waals surface area contributed by atoms with Crippen LogP contribution in [-0.4, -0.2) is 34.1 Å². The molecule has 0 bridgehead atoms. The van der Waals surface area contributed by atoms with Gasteiger partial charge in [-0.2, -0.15) is 0 Å². The van der Waals surface area contributed by atoms with Gasteiger partial charge >= 0.3 is 5.97 Å². The molecule has 0 spiro atoms. The van der Waals surface area contributed by atoms with Crippen LogP contribution in [0.4, 0.5) is 5.82 Å². The predicted octanol–water partition coefficient (Wildman–Crippen LogP) is 4.38. The highest BCUT2D eigenvalue weighted by Gasteiger charge is 2.19. The molecule has 0 aliphatic carbocycles. The number of carboxylic acids is 1. The van der Waals surface area contributed by atoms with Crippen molar-refractivity contribution in [1.29, 1.82) is 0 Å². The van der Waals surface area contributed by atoms with Crippen LogP contribution in [-0.2, 0) is 0 Å². The smallest absolute Gasteiger partial charge is 0.335 e. The summed E-state index contributed by atoms with van der Waals surface area (Å²) in [5, 5.41) is 9.26. The Bertz CT molecular complexity index is 933. The second kappa shape index (κ2) is 7.12. The van der Waals surface area contributed by atoms with Gasteiger partial charge < -0.3 is 10.0 Å². The fourth-order valence-electron chi connectivity index (χ4n) is 3.47. The molecule has 1 N–H and O–H groups in total. The molecule has 0 atom stereocenters. The Balaban J connectivity index is 1.90. The standard InChI is InChI=1S/C21H21N3O2/c25-21(26)16-10-11-17-18(14-16)22-19(15-8-4-3-5-9-15)20(23-17)24-12-6-1-2-7-13-24/h3-5,8-11,14H,1-2,6-7,12-13H2,(H,25,26). The lowest BCUT2D eigenvalue weighted by Crippen LogP contribution is -2.26. The van der Waals surface area contributed by atoms with E-state index in [9.17, 15) is 9.90 Å². The molecule has 4 rings (SSSR count). The molecule has 0 unspecified atom stereocenters. The van der Waals surface area contributed by atoms with Gasteiger partial charge in [-0.1, -0.05) is 43.2 Å². The second-order valence-corrected chi connectivity index (χ2v) is 6.67. The number of aromatic nitrogens is 2. The number of hydrogen-bond acceptors (Lipinski definition) is 4. The monoisotopic (exact) mass is 347 g/mol. The van der Waals surface area contributed by atoms with E-state index < -0.39 is 5.97 Å². The van der Waals surface area contributed by atoms with Crippen LogP contribution in [0.2, 0.25) is 0 Å². The van der Waals surface area contributed by atoms with Crippen molar-refractivity contribution in [3.8, 4) is 11.3 Å². The molecule has 1 aliphatic heterocycles. The fourth-order valence-corrected chi connectivity index (χ4v) is 3.47. The van der Waals surface area contributed by atoms with Gasteiger partial charge in [0.25, 0.3) is 0 Å². The molecular formula is C21H21N3O2. The Hall–Kier alpha value is -2.95. The van der Waals surface area contributed by atoms with Crippen LogP contribution >= 0.6 is 0 Å². The van der Waals surface area contributed by atoms with Crippen LogP contribution in [0, 0.1) is 0 Å². The molecule has 5 heteroatoms. The molecule has 2 heterocycles. The lowest BCUT2D eigenvalue weighted by atomic mass is 10.1. The molecule has 1 aliphatic rings. The maximum Gasteiger partial charge on any atom is 0.335 e. The number of rotatable bonds is 3. The van der Waals surface area contributed by atoms with Crippen molar-refractivity contribution in [3.63, 3.8) is 0 Å². The molecule has 3 aromatic rings. The van der Waals surface area contributed by atoms with Crippen LogP contribution in [0.25, 0.3) is 22.3 Å². The number of aromatic carboxylic acids is 1. The van der Waals surface area contributed by atoms with Gasteiger partial charge in [-0.25, -0.2) is 14.8 Å². The predicted molar refractivity (Wildman–Crippen MR) is 103 cm³/mol. The SMILES string of the molecule is O=C(O)c1ccc2nc(N3CCCCCC3)c(-c3ccccc3)nc2c1. The topological polar surface area (TPSA) is 66.3 Å². The van der Waals surface area contributed by atoms with Gasteiger partial charge in [-0.15, -0.1) is 0 Å². The summed E-state index contributed by atoms with van der Waals surface area (Å²) < 4.78 is 0. The van der Waals surface area contributed by atoms with Gasteiger partial charge in [-0.3, -0.25) is 0 Å². The lowest BCUT2D eigenvalue weighted by molar-refractivity contribution is 0.0697. The van der Waals surface area contributed by atoms with Crippen LogP contribution in [0.1, 0.15) is 36.0 Å². The van der Waals surface area contributed by atoms with Gasteiger partial charge in [0.1, 0.15) is 5.69 Å². The van der Waals surface area contributed by atoms with E-state index in [4.69, 9.17) is 9.97 Å². The summed E-state index contributed by atoms with van der Waals surface area (Å²) in [5.41, 5.74) is 3.40. The molecule has 1 saturated heterocycles. The first-order valence-corrected chi connectivity index (χ1v) is 9.08. The van der Waals surface area contributed by atoms with Gasteiger partial charge in [-0.05, 0) is 31.0 Å². The minimum atomic E-state index is -0.952. The highest BCUT2D eigenvalue weighted by molar-refractivity contribution is 5.93. The third-order valence-corrected chi connectivity index (χ3v) is 4.85. The Morgan fingerprint density at radius 1 is 0.885 bits per heavy atom. The molecule has 132 valence electrons. The van der Waals surface area contributed by atoms with Gasteiger partial charge in [0.05, 0.1) is 16.6 Å². The van der Waals surface area contributed by atoms with E-state index in [0.29, 0.717) is 5.52 Å². The van der Waals surface area contributed by atoms with Crippen LogP contribution < -0.4 is 4.90 Å². The third kappa shape index (κ3) is 3.25. The maximum absolute atomic E-state index is 11.3. The van der Waals surface area contributed by atoms with Crippen molar-refractivity contribution < 1.29 is 9.90 Å².